The van der Waals surface area contributed by atoms with Crippen molar-refractivity contribution in [3.63, 3.8) is 0 Å². The molecule has 0 aliphatic carbocycles. The number of methoxy groups -OCH3 is 1. The largest absolute Gasteiger partial charge is 0.385 e. The van der Waals surface area contributed by atoms with Gasteiger partial charge in [0, 0.05) is 19.6 Å². The molecule has 0 aromatic rings. The summed E-state index contributed by atoms with van der Waals surface area (Å²) < 4.78 is 9.81. The number of Topliss-reactive ketones (excluding diaryl/α,β-unsaturated/α-hetero) is 1. The van der Waals surface area contributed by atoms with Crippen molar-refractivity contribution >= 4 is 5.78 Å². The average Bonchev–Trinajstić information content (AvgIpc) is 2.31. The maximum atomic E-state index is 10.9. The van der Waals surface area contributed by atoms with Crippen molar-refractivity contribution in [2.24, 2.45) is 5.92 Å². The first-order chi connectivity index (χ1) is 4.84. The molecule has 58 valence electrons. The molecule has 0 radical (unpaired) electrons. The van der Waals surface area contributed by atoms with E-state index in [0.29, 0.717) is 19.8 Å². The Morgan fingerprint density at radius 1 is 1.80 bits per heavy atom. The molecule has 0 spiro atoms. The lowest BCUT2D eigenvalue weighted by Gasteiger charge is -2.02. The first-order valence-corrected chi connectivity index (χ1v) is 3.44. The second-order valence-electron chi connectivity index (χ2n) is 2.46. The van der Waals surface area contributed by atoms with E-state index < -0.39 is 0 Å². The van der Waals surface area contributed by atoms with Crippen LogP contribution >= 0.6 is 0 Å². The van der Waals surface area contributed by atoms with Gasteiger partial charge in [-0.15, -0.1) is 0 Å². The molecule has 1 rings (SSSR count). The highest BCUT2D eigenvalue weighted by Gasteiger charge is 2.24. The predicted molar refractivity (Wildman–Crippen MR) is 35.8 cm³/mol. The first-order valence-electron chi connectivity index (χ1n) is 3.44. The Kier molecular flexibility index (Phi) is 2.83. The van der Waals surface area contributed by atoms with E-state index in [1.165, 1.54) is 0 Å². The summed E-state index contributed by atoms with van der Waals surface area (Å²) in [5.41, 5.74) is 0. The van der Waals surface area contributed by atoms with Crippen molar-refractivity contribution in [2.75, 3.05) is 26.9 Å². The lowest BCUT2D eigenvalue weighted by atomic mass is 10.1. The minimum atomic E-state index is 0.0972. The van der Waals surface area contributed by atoms with E-state index in [1.807, 2.05) is 0 Å². The summed E-state index contributed by atoms with van der Waals surface area (Å²) in [5, 5.41) is 0. The van der Waals surface area contributed by atoms with Crippen molar-refractivity contribution in [1.82, 2.24) is 0 Å². The Bertz CT molecular complexity index is 122. The highest BCUT2D eigenvalue weighted by molar-refractivity contribution is 5.83. The summed E-state index contributed by atoms with van der Waals surface area (Å²) in [6.07, 6.45) is 0.801. The first kappa shape index (κ1) is 7.69. The van der Waals surface area contributed by atoms with Gasteiger partial charge in [0.25, 0.3) is 0 Å². The normalized spacial score (nSPS) is 25.7. The Balaban J connectivity index is 2.20. The van der Waals surface area contributed by atoms with Crippen molar-refractivity contribution < 1.29 is 14.3 Å². The summed E-state index contributed by atoms with van der Waals surface area (Å²) in [5.74, 6) is 0.317. The number of hydrogen-bond donors (Lipinski definition) is 0. The fourth-order valence-corrected chi connectivity index (χ4v) is 1.02. The smallest absolute Gasteiger partial charge is 0.163 e. The zero-order valence-corrected chi connectivity index (χ0v) is 6.13. The van der Waals surface area contributed by atoms with Crippen molar-refractivity contribution in [2.45, 2.75) is 6.42 Å². The van der Waals surface area contributed by atoms with Crippen LogP contribution in [0.2, 0.25) is 0 Å². The molecule has 10 heavy (non-hydrogen) atoms. The number of ether oxygens (including phenoxy) is 2. The number of rotatable bonds is 3. The second kappa shape index (κ2) is 3.68. The molecule has 0 aromatic carbocycles. The summed E-state index contributed by atoms with van der Waals surface area (Å²) in [6, 6.07) is 0. The third-order valence-electron chi connectivity index (χ3n) is 1.69. The van der Waals surface area contributed by atoms with E-state index in [-0.39, 0.29) is 11.7 Å². The van der Waals surface area contributed by atoms with Crippen LogP contribution in [-0.4, -0.2) is 32.7 Å². The molecule has 1 fully saturated rings. The second-order valence-corrected chi connectivity index (χ2v) is 2.46. The molecular weight excluding hydrogens is 132 g/mol. The quantitative estimate of drug-likeness (QED) is 0.569. The Labute approximate surface area is 60.3 Å². The monoisotopic (exact) mass is 144 g/mol. The summed E-state index contributed by atoms with van der Waals surface area (Å²) in [6.45, 7) is 1.54. The summed E-state index contributed by atoms with van der Waals surface area (Å²) in [7, 11) is 1.64. The number of carbonyl (C=O) groups is 1. The van der Waals surface area contributed by atoms with Gasteiger partial charge >= 0.3 is 0 Å². The van der Waals surface area contributed by atoms with E-state index in [0.717, 1.165) is 6.42 Å². The van der Waals surface area contributed by atoms with Crippen LogP contribution in [0, 0.1) is 5.92 Å². The topological polar surface area (TPSA) is 35.5 Å². The maximum absolute atomic E-state index is 10.9. The Hall–Kier alpha value is -0.410. The Morgan fingerprint density at radius 2 is 2.60 bits per heavy atom. The van der Waals surface area contributed by atoms with Crippen LogP contribution in [0.15, 0.2) is 0 Å². The molecule has 3 heteroatoms. The predicted octanol–water partition coefficient (Wildman–Crippen LogP) is 0.238. The minimum absolute atomic E-state index is 0.0972. The highest BCUT2D eigenvalue weighted by Crippen LogP contribution is 2.12. The van der Waals surface area contributed by atoms with Gasteiger partial charge in [-0.3, -0.25) is 4.79 Å². The molecule has 1 saturated heterocycles. The number of ketones is 1. The molecule has 3 nitrogen and oxygen atoms in total. The Morgan fingerprint density at radius 3 is 3.10 bits per heavy atom. The van der Waals surface area contributed by atoms with Crippen LogP contribution in [0.25, 0.3) is 0 Å². The van der Waals surface area contributed by atoms with E-state index in [4.69, 9.17) is 9.47 Å². The van der Waals surface area contributed by atoms with Gasteiger partial charge in [0.1, 0.15) is 6.61 Å². The van der Waals surface area contributed by atoms with Crippen molar-refractivity contribution in [1.29, 1.82) is 0 Å². The number of hydrogen-bond acceptors (Lipinski definition) is 3. The van der Waals surface area contributed by atoms with Crippen LogP contribution in [-0.2, 0) is 14.3 Å². The maximum Gasteiger partial charge on any atom is 0.163 e. The lowest BCUT2D eigenvalue weighted by molar-refractivity contribution is -0.120. The summed E-state index contributed by atoms with van der Waals surface area (Å²) >= 11 is 0. The molecule has 0 unspecified atom stereocenters. The standard InChI is InChI=1S/C7H12O3/c1-9-3-2-6-4-10-5-7(6)8/h6H,2-5H2,1H3/t6-/m1/s1. The fourth-order valence-electron chi connectivity index (χ4n) is 1.02. The zero-order chi connectivity index (χ0) is 7.40. The molecule has 0 saturated carbocycles. The van der Waals surface area contributed by atoms with Gasteiger partial charge in [-0.2, -0.15) is 0 Å². The van der Waals surface area contributed by atoms with Crippen LogP contribution < -0.4 is 0 Å². The van der Waals surface area contributed by atoms with Crippen LogP contribution in [0.1, 0.15) is 6.42 Å². The highest BCUT2D eigenvalue weighted by atomic mass is 16.5. The third kappa shape index (κ3) is 1.78. The van der Waals surface area contributed by atoms with Gasteiger partial charge in [-0.05, 0) is 6.42 Å². The van der Waals surface area contributed by atoms with Crippen molar-refractivity contribution in [3.05, 3.63) is 0 Å². The molecular formula is C7H12O3. The van der Waals surface area contributed by atoms with E-state index in [9.17, 15) is 4.79 Å². The van der Waals surface area contributed by atoms with Gasteiger partial charge < -0.3 is 9.47 Å². The van der Waals surface area contributed by atoms with Crippen LogP contribution in [0.3, 0.4) is 0 Å². The zero-order valence-electron chi connectivity index (χ0n) is 6.13. The average molecular weight is 144 g/mol. The molecule has 0 amide bonds. The van der Waals surface area contributed by atoms with Crippen LogP contribution in [0.5, 0.6) is 0 Å². The van der Waals surface area contributed by atoms with Crippen LogP contribution in [0.4, 0.5) is 0 Å². The SMILES string of the molecule is COCC[C@@H]1COCC1=O. The summed E-state index contributed by atoms with van der Waals surface area (Å²) in [4.78, 5) is 10.9. The van der Waals surface area contributed by atoms with Crippen molar-refractivity contribution in [3.8, 4) is 0 Å². The van der Waals surface area contributed by atoms with E-state index >= 15 is 0 Å². The van der Waals surface area contributed by atoms with Gasteiger partial charge in [0.05, 0.1) is 6.61 Å². The molecule has 1 heterocycles. The van der Waals surface area contributed by atoms with E-state index in [2.05, 4.69) is 0 Å². The molecule has 1 aliphatic rings. The lowest BCUT2D eigenvalue weighted by Crippen LogP contribution is -2.13. The van der Waals surface area contributed by atoms with E-state index in [1.54, 1.807) is 7.11 Å². The van der Waals surface area contributed by atoms with Gasteiger partial charge in [-0.1, -0.05) is 0 Å². The molecule has 0 bridgehead atoms. The fraction of sp³-hybridized carbons (Fsp3) is 0.857. The third-order valence-corrected chi connectivity index (χ3v) is 1.69. The van der Waals surface area contributed by atoms with Gasteiger partial charge in [-0.25, -0.2) is 0 Å². The van der Waals surface area contributed by atoms with Gasteiger partial charge in [0.2, 0.25) is 0 Å². The number of carbonyl (C=O) groups excluding carboxylic acids is 1. The molecule has 1 atom stereocenters. The molecule has 0 N–H and O–H groups in total. The minimum Gasteiger partial charge on any atom is -0.385 e. The van der Waals surface area contributed by atoms with Gasteiger partial charge in [0.15, 0.2) is 5.78 Å². The molecule has 0 aromatic heterocycles. The molecule has 1 aliphatic heterocycles.